The van der Waals surface area contributed by atoms with Gasteiger partial charge in [-0.2, -0.15) is 0 Å². The summed E-state index contributed by atoms with van der Waals surface area (Å²) in [4.78, 5) is 21.5. The maximum absolute atomic E-state index is 11.8. The molecule has 6 heteroatoms. The smallest absolute Gasteiger partial charge is 0.410 e. The number of hydrogen-bond acceptors (Lipinski definition) is 5. The highest BCUT2D eigenvalue weighted by atomic mass is 32.1. The van der Waals surface area contributed by atoms with Gasteiger partial charge in [0.2, 0.25) is 0 Å². The number of nitrogens with zero attached hydrogens (tertiary/aromatic N) is 2. The molecule has 0 atom stereocenters. The first kappa shape index (κ1) is 16.1. The van der Waals surface area contributed by atoms with Crippen LogP contribution in [0, 0.1) is 6.92 Å². The third-order valence-corrected chi connectivity index (χ3v) is 4.66. The molecule has 0 unspecified atom stereocenters. The van der Waals surface area contributed by atoms with E-state index in [0.29, 0.717) is 12.3 Å². The highest BCUT2D eigenvalue weighted by Gasteiger charge is 2.10. The van der Waals surface area contributed by atoms with Crippen LogP contribution in [0.25, 0.3) is 10.6 Å². The van der Waals surface area contributed by atoms with Crippen LogP contribution in [0.1, 0.15) is 10.6 Å². The topological polar surface area (TPSA) is 64.1 Å². The van der Waals surface area contributed by atoms with Gasteiger partial charge in [-0.3, -0.25) is 4.98 Å². The predicted octanol–water partition coefficient (Wildman–Crippen LogP) is 3.84. The van der Waals surface area contributed by atoms with Crippen LogP contribution in [0.2, 0.25) is 0 Å². The van der Waals surface area contributed by atoms with Crippen LogP contribution in [-0.4, -0.2) is 22.6 Å². The van der Waals surface area contributed by atoms with Crippen LogP contribution in [-0.2, 0) is 6.42 Å². The van der Waals surface area contributed by atoms with E-state index in [1.54, 1.807) is 35.9 Å². The zero-order chi connectivity index (χ0) is 16.8. The Labute approximate surface area is 144 Å². The third kappa shape index (κ3) is 4.17. The highest BCUT2D eigenvalue weighted by Crippen LogP contribution is 2.27. The standard InChI is InChI=1S/C18H17N3O2S/c1-13-16(24-17(21-13)14-7-10-19-11-8-14)9-12-20-18(22)23-15-5-3-2-4-6-15/h2-8,10-11H,9,12H2,1H3,(H,20,22). The van der Waals surface area contributed by atoms with Crippen molar-refractivity contribution in [2.24, 2.45) is 0 Å². The van der Waals surface area contributed by atoms with Crippen molar-refractivity contribution >= 4 is 17.4 Å². The van der Waals surface area contributed by atoms with Crippen LogP contribution in [0.15, 0.2) is 54.9 Å². The lowest BCUT2D eigenvalue weighted by Crippen LogP contribution is -2.28. The summed E-state index contributed by atoms with van der Waals surface area (Å²) in [6.07, 6.45) is 3.79. The van der Waals surface area contributed by atoms with Gasteiger partial charge in [-0.05, 0) is 31.2 Å². The van der Waals surface area contributed by atoms with E-state index in [1.165, 1.54) is 0 Å². The molecule has 0 aliphatic rings. The van der Waals surface area contributed by atoms with E-state index < -0.39 is 6.09 Å². The number of aromatic nitrogens is 2. The Balaban J connectivity index is 1.54. The number of hydrogen-bond donors (Lipinski definition) is 1. The molecule has 1 N–H and O–H groups in total. The van der Waals surface area contributed by atoms with E-state index in [1.807, 2.05) is 37.3 Å². The molecule has 0 saturated carbocycles. The molecule has 24 heavy (non-hydrogen) atoms. The van der Waals surface area contributed by atoms with Crippen LogP contribution in [0.4, 0.5) is 4.79 Å². The second-order valence-electron chi connectivity index (χ2n) is 5.14. The number of carbonyl (C=O) groups is 1. The molecule has 0 aliphatic heterocycles. The maximum atomic E-state index is 11.8. The molecule has 0 spiro atoms. The number of carbonyl (C=O) groups excluding carboxylic acids is 1. The lowest BCUT2D eigenvalue weighted by atomic mass is 10.3. The normalized spacial score (nSPS) is 10.4. The molecule has 1 amide bonds. The molecular weight excluding hydrogens is 322 g/mol. The van der Waals surface area contributed by atoms with Gasteiger partial charge in [0.15, 0.2) is 0 Å². The van der Waals surface area contributed by atoms with Crippen molar-refractivity contribution in [3.05, 3.63) is 65.4 Å². The third-order valence-electron chi connectivity index (χ3n) is 3.40. The van der Waals surface area contributed by atoms with Crippen LogP contribution >= 0.6 is 11.3 Å². The van der Waals surface area contributed by atoms with E-state index >= 15 is 0 Å². The summed E-state index contributed by atoms with van der Waals surface area (Å²) in [6.45, 7) is 2.49. The number of ether oxygens (including phenoxy) is 1. The summed E-state index contributed by atoms with van der Waals surface area (Å²) in [5.74, 6) is 0.531. The van der Waals surface area contributed by atoms with Crippen molar-refractivity contribution in [2.45, 2.75) is 13.3 Å². The van der Waals surface area contributed by atoms with Gasteiger partial charge in [0, 0.05) is 35.8 Å². The molecule has 0 radical (unpaired) electrons. The highest BCUT2D eigenvalue weighted by molar-refractivity contribution is 7.15. The van der Waals surface area contributed by atoms with Gasteiger partial charge in [0.05, 0.1) is 5.69 Å². The Kier molecular flexibility index (Phi) is 5.18. The van der Waals surface area contributed by atoms with Crippen molar-refractivity contribution in [1.82, 2.24) is 15.3 Å². The summed E-state index contributed by atoms with van der Waals surface area (Å²) in [6, 6.07) is 12.9. The predicted molar refractivity (Wildman–Crippen MR) is 94.3 cm³/mol. The Morgan fingerprint density at radius 2 is 1.92 bits per heavy atom. The van der Waals surface area contributed by atoms with Crippen molar-refractivity contribution < 1.29 is 9.53 Å². The number of aryl methyl sites for hydroxylation is 1. The van der Waals surface area contributed by atoms with E-state index in [2.05, 4.69) is 15.3 Å². The van der Waals surface area contributed by atoms with E-state index in [4.69, 9.17) is 4.74 Å². The Morgan fingerprint density at radius 3 is 2.67 bits per heavy atom. The van der Waals surface area contributed by atoms with Gasteiger partial charge in [-0.25, -0.2) is 9.78 Å². The molecule has 3 aromatic rings. The zero-order valence-electron chi connectivity index (χ0n) is 13.2. The number of benzene rings is 1. The molecule has 2 aromatic heterocycles. The fraction of sp³-hybridized carbons (Fsp3) is 0.167. The van der Waals surface area contributed by atoms with Gasteiger partial charge in [-0.1, -0.05) is 18.2 Å². The molecule has 2 heterocycles. The molecular formula is C18H17N3O2S. The summed E-state index contributed by atoms with van der Waals surface area (Å²) in [5.41, 5.74) is 2.05. The Bertz CT molecular complexity index is 804. The number of pyridine rings is 1. The zero-order valence-corrected chi connectivity index (χ0v) is 14.0. The maximum Gasteiger partial charge on any atom is 0.412 e. The summed E-state index contributed by atoms with van der Waals surface area (Å²) < 4.78 is 5.19. The number of thiazole rings is 1. The van der Waals surface area contributed by atoms with E-state index in [-0.39, 0.29) is 0 Å². The fourth-order valence-corrected chi connectivity index (χ4v) is 3.26. The van der Waals surface area contributed by atoms with Crippen molar-refractivity contribution in [3.8, 4) is 16.3 Å². The minimum absolute atomic E-state index is 0.447. The molecule has 0 bridgehead atoms. The number of nitrogens with one attached hydrogen (secondary N) is 1. The fourth-order valence-electron chi connectivity index (χ4n) is 2.19. The molecule has 0 fully saturated rings. The Morgan fingerprint density at radius 1 is 1.17 bits per heavy atom. The first-order valence-corrected chi connectivity index (χ1v) is 8.41. The first-order chi connectivity index (χ1) is 11.7. The molecule has 5 nitrogen and oxygen atoms in total. The van der Waals surface area contributed by atoms with E-state index in [0.717, 1.165) is 27.6 Å². The summed E-state index contributed by atoms with van der Waals surface area (Å²) in [7, 11) is 0. The van der Waals surface area contributed by atoms with Crippen LogP contribution in [0.3, 0.4) is 0 Å². The summed E-state index contributed by atoms with van der Waals surface area (Å²) in [5, 5.41) is 3.73. The average molecular weight is 339 g/mol. The second kappa shape index (κ2) is 7.70. The second-order valence-corrected chi connectivity index (χ2v) is 6.23. The quantitative estimate of drug-likeness (QED) is 0.767. The molecule has 1 aromatic carbocycles. The number of para-hydroxylation sites is 1. The van der Waals surface area contributed by atoms with Crippen molar-refractivity contribution in [3.63, 3.8) is 0 Å². The van der Waals surface area contributed by atoms with Gasteiger partial charge in [0.25, 0.3) is 0 Å². The first-order valence-electron chi connectivity index (χ1n) is 7.60. The minimum Gasteiger partial charge on any atom is -0.410 e. The van der Waals surface area contributed by atoms with Crippen LogP contribution < -0.4 is 10.1 Å². The van der Waals surface area contributed by atoms with Gasteiger partial charge < -0.3 is 10.1 Å². The molecule has 122 valence electrons. The SMILES string of the molecule is Cc1nc(-c2ccncc2)sc1CCNC(=O)Oc1ccccc1. The lowest BCUT2D eigenvalue weighted by Gasteiger charge is -2.05. The van der Waals surface area contributed by atoms with Gasteiger partial charge >= 0.3 is 6.09 Å². The molecule has 0 aliphatic carbocycles. The van der Waals surface area contributed by atoms with Crippen molar-refractivity contribution in [2.75, 3.05) is 6.54 Å². The van der Waals surface area contributed by atoms with Crippen LogP contribution in [0.5, 0.6) is 5.75 Å². The number of amides is 1. The average Bonchev–Trinajstić information content (AvgIpc) is 2.98. The molecule has 3 rings (SSSR count). The van der Waals surface area contributed by atoms with Gasteiger partial charge in [0.1, 0.15) is 10.8 Å². The largest absolute Gasteiger partial charge is 0.412 e. The Hall–Kier alpha value is -2.73. The van der Waals surface area contributed by atoms with Gasteiger partial charge in [-0.15, -0.1) is 11.3 Å². The molecule has 0 saturated heterocycles. The minimum atomic E-state index is -0.447. The monoisotopic (exact) mass is 339 g/mol. The lowest BCUT2D eigenvalue weighted by molar-refractivity contribution is 0.200. The number of rotatable bonds is 5. The van der Waals surface area contributed by atoms with Crippen molar-refractivity contribution in [1.29, 1.82) is 0 Å². The summed E-state index contributed by atoms with van der Waals surface area (Å²) >= 11 is 1.64. The van der Waals surface area contributed by atoms with E-state index in [9.17, 15) is 4.79 Å².